The summed E-state index contributed by atoms with van der Waals surface area (Å²) in [6, 6.07) is 15.5. The Kier molecular flexibility index (Phi) is 3.90. The molecule has 3 aromatic rings. The minimum Gasteiger partial charge on any atom is -0.456 e. The zero-order chi connectivity index (χ0) is 14.8. The Labute approximate surface area is 131 Å². The second kappa shape index (κ2) is 5.84. The van der Waals surface area contributed by atoms with Crippen molar-refractivity contribution in [2.24, 2.45) is 5.73 Å². The van der Waals surface area contributed by atoms with Gasteiger partial charge in [0.25, 0.3) is 0 Å². The van der Waals surface area contributed by atoms with Crippen LogP contribution in [0.2, 0.25) is 0 Å². The van der Waals surface area contributed by atoms with Crippen LogP contribution in [0.5, 0.6) is 11.5 Å². The maximum atomic E-state index is 6.10. The summed E-state index contributed by atoms with van der Waals surface area (Å²) in [7, 11) is 0. The highest BCUT2D eigenvalue weighted by molar-refractivity contribution is 9.10. The third-order valence-electron chi connectivity index (χ3n) is 3.29. The number of pyridine rings is 1. The van der Waals surface area contributed by atoms with Gasteiger partial charge in [-0.3, -0.25) is 4.98 Å². The maximum absolute atomic E-state index is 6.10. The average Bonchev–Trinajstić information content (AvgIpc) is 2.49. The molecule has 0 saturated heterocycles. The Morgan fingerprint density at radius 2 is 1.95 bits per heavy atom. The van der Waals surface area contributed by atoms with Gasteiger partial charge in [0.2, 0.25) is 0 Å². The number of halogens is 1. The fourth-order valence-corrected chi connectivity index (χ4v) is 2.63. The molecule has 0 saturated carbocycles. The van der Waals surface area contributed by atoms with E-state index in [9.17, 15) is 0 Å². The molecule has 1 unspecified atom stereocenters. The topological polar surface area (TPSA) is 48.1 Å². The van der Waals surface area contributed by atoms with Gasteiger partial charge in [0.15, 0.2) is 0 Å². The van der Waals surface area contributed by atoms with Crippen LogP contribution in [-0.4, -0.2) is 4.98 Å². The van der Waals surface area contributed by atoms with Crippen molar-refractivity contribution in [1.82, 2.24) is 4.98 Å². The van der Waals surface area contributed by atoms with Gasteiger partial charge < -0.3 is 10.5 Å². The first kappa shape index (κ1) is 14.0. The standard InChI is InChI=1S/C17H15BrN2O/c1-11(19)14-10-12(18)7-8-17(14)21-16-6-2-5-15-13(16)4-3-9-20-15/h2-11H,19H2,1H3. The summed E-state index contributed by atoms with van der Waals surface area (Å²) in [5, 5.41) is 0.985. The first-order valence-electron chi connectivity index (χ1n) is 6.72. The van der Waals surface area contributed by atoms with E-state index in [1.807, 2.05) is 55.5 Å². The summed E-state index contributed by atoms with van der Waals surface area (Å²) in [5.41, 5.74) is 7.91. The number of nitrogens with two attached hydrogens (primary N) is 1. The van der Waals surface area contributed by atoms with Crippen molar-refractivity contribution in [1.29, 1.82) is 0 Å². The summed E-state index contributed by atoms with van der Waals surface area (Å²) in [6.07, 6.45) is 1.78. The molecule has 1 aromatic heterocycles. The van der Waals surface area contributed by atoms with Crippen molar-refractivity contribution in [3.05, 3.63) is 64.8 Å². The SMILES string of the molecule is CC(N)c1cc(Br)ccc1Oc1cccc2ncccc12. The Morgan fingerprint density at radius 3 is 2.76 bits per heavy atom. The molecule has 0 fully saturated rings. The van der Waals surface area contributed by atoms with Gasteiger partial charge in [-0.15, -0.1) is 0 Å². The second-order valence-electron chi connectivity index (χ2n) is 4.90. The minimum absolute atomic E-state index is 0.106. The van der Waals surface area contributed by atoms with Crippen LogP contribution in [0, 0.1) is 0 Å². The second-order valence-corrected chi connectivity index (χ2v) is 5.81. The van der Waals surface area contributed by atoms with E-state index in [1.54, 1.807) is 6.20 Å². The van der Waals surface area contributed by atoms with E-state index >= 15 is 0 Å². The molecule has 0 amide bonds. The fraction of sp³-hybridized carbons (Fsp3) is 0.118. The summed E-state index contributed by atoms with van der Waals surface area (Å²) in [6.45, 7) is 1.94. The molecule has 3 nitrogen and oxygen atoms in total. The highest BCUT2D eigenvalue weighted by Crippen LogP contribution is 2.34. The molecular formula is C17H15BrN2O. The van der Waals surface area contributed by atoms with Crippen LogP contribution in [-0.2, 0) is 0 Å². The largest absolute Gasteiger partial charge is 0.456 e. The van der Waals surface area contributed by atoms with Gasteiger partial charge in [0, 0.05) is 27.7 Å². The van der Waals surface area contributed by atoms with Crippen LogP contribution in [0.4, 0.5) is 0 Å². The third kappa shape index (κ3) is 2.91. The molecule has 4 heteroatoms. The Hall–Kier alpha value is -1.91. The molecule has 0 spiro atoms. The molecule has 0 aliphatic rings. The lowest BCUT2D eigenvalue weighted by Gasteiger charge is -2.15. The molecule has 2 N–H and O–H groups in total. The zero-order valence-corrected chi connectivity index (χ0v) is 13.2. The Morgan fingerprint density at radius 1 is 1.10 bits per heavy atom. The monoisotopic (exact) mass is 342 g/mol. The molecule has 106 valence electrons. The van der Waals surface area contributed by atoms with Gasteiger partial charge in [0.1, 0.15) is 11.5 Å². The van der Waals surface area contributed by atoms with Gasteiger partial charge in [-0.1, -0.05) is 22.0 Å². The molecule has 0 bridgehead atoms. The summed E-state index contributed by atoms with van der Waals surface area (Å²) in [5.74, 6) is 1.55. The third-order valence-corrected chi connectivity index (χ3v) is 3.78. The number of nitrogens with zero attached hydrogens (tertiary/aromatic N) is 1. The van der Waals surface area contributed by atoms with Gasteiger partial charge in [-0.05, 0) is 49.4 Å². The van der Waals surface area contributed by atoms with Crippen LogP contribution < -0.4 is 10.5 Å². The van der Waals surface area contributed by atoms with Crippen LogP contribution in [0.1, 0.15) is 18.5 Å². The predicted molar refractivity (Wildman–Crippen MR) is 88.6 cm³/mol. The van der Waals surface area contributed by atoms with Crippen molar-refractivity contribution < 1.29 is 4.74 Å². The summed E-state index contributed by atoms with van der Waals surface area (Å²) < 4.78 is 7.09. The number of benzene rings is 2. The quantitative estimate of drug-likeness (QED) is 0.742. The normalized spacial score (nSPS) is 12.3. The van der Waals surface area contributed by atoms with Crippen molar-refractivity contribution in [3.8, 4) is 11.5 Å². The first-order chi connectivity index (χ1) is 10.1. The number of hydrogen-bond donors (Lipinski definition) is 1. The molecule has 0 radical (unpaired) electrons. The van der Waals surface area contributed by atoms with Crippen LogP contribution >= 0.6 is 15.9 Å². The van der Waals surface area contributed by atoms with Crippen LogP contribution in [0.3, 0.4) is 0 Å². The van der Waals surface area contributed by atoms with Crippen LogP contribution in [0.25, 0.3) is 10.9 Å². The number of rotatable bonds is 3. The van der Waals surface area contributed by atoms with E-state index < -0.39 is 0 Å². The van der Waals surface area contributed by atoms with E-state index in [-0.39, 0.29) is 6.04 Å². The van der Waals surface area contributed by atoms with E-state index in [2.05, 4.69) is 20.9 Å². The van der Waals surface area contributed by atoms with E-state index in [0.29, 0.717) is 0 Å². The maximum Gasteiger partial charge on any atom is 0.136 e. The Balaban J connectivity index is 2.07. The zero-order valence-electron chi connectivity index (χ0n) is 11.6. The number of ether oxygens (including phenoxy) is 1. The molecule has 3 rings (SSSR count). The van der Waals surface area contributed by atoms with Crippen molar-refractivity contribution in [2.75, 3.05) is 0 Å². The highest BCUT2D eigenvalue weighted by atomic mass is 79.9. The van der Waals surface area contributed by atoms with Gasteiger partial charge in [-0.2, -0.15) is 0 Å². The number of fused-ring (bicyclic) bond motifs is 1. The lowest BCUT2D eigenvalue weighted by molar-refractivity contribution is 0.477. The molecule has 2 aromatic carbocycles. The van der Waals surface area contributed by atoms with E-state index in [1.165, 1.54) is 0 Å². The van der Waals surface area contributed by atoms with Gasteiger partial charge >= 0.3 is 0 Å². The molecule has 1 atom stereocenters. The van der Waals surface area contributed by atoms with Crippen molar-refractivity contribution >= 4 is 26.8 Å². The molecule has 0 aliphatic carbocycles. The molecule has 0 aliphatic heterocycles. The lowest BCUT2D eigenvalue weighted by atomic mass is 10.1. The smallest absolute Gasteiger partial charge is 0.136 e. The predicted octanol–water partition coefficient (Wildman–Crippen LogP) is 4.81. The highest BCUT2D eigenvalue weighted by Gasteiger charge is 2.11. The number of aromatic nitrogens is 1. The summed E-state index contributed by atoms with van der Waals surface area (Å²) >= 11 is 3.47. The lowest BCUT2D eigenvalue weighted by Crippen LogP contribution is -2.06. The van der Waals surface area contributed by atoms with Gasteiger partial charge in [0.05, 0.1) is 5.52 Å². The van der Waals surface area contributed by atoms with Gasteiger partial charge in [-0.25, -0.2) is 0 Å². The average molecular weight is 343 g/mol. The fourth-order valence-electron chi connectivity index (χ4n) is 2.25. The minimum atomic E-state index is -0.106. The molecular weight excluding hydrogens is 328 g/mol. The number of hydrogen-bond acceptors (Lipinski definition) is 3. The first-order valence-corrected chi connectivity index (χ1v) is 7.51. The Bertz CT molecular complexity index is 781. The van der Waals surface area contributed by atoms with E-state index in [0.717, 1.165) is 32.4 Å². The van der Waals surface area contributed by atoms with Crippen molar-refractivity contribution in [3.63, 3.8) is 0 Å². The summed E-state index contributed by atoms with van der Waals surface area (Å²) in [4.78, 5) is 4.34. The van der Waals surface area contributed by atoms with E-state index in [4.69, 9.17) is 10.5 Å². The molecule has 21 heavy (non-hydrogen) atoms. The van der Waals surface area contributed by atoms with Crippen LogP contribution in [0.15, 0.2) is 59.2 Å². The molecule has 1 heterocycles. The van der Waals surface area contributed by atoms with Crippen molar-refractivity contribution in [2.45, 2.75) is 13.0 Å².